The van der Waals surface area contributed by atoms with Crippen LogP contribution in [0.2, 0.25) is 5.02 Å². The quantitative estimate of drug-likeness (QED) is 0.737. The van der Waals surface area contributed by atoms with Gasteiger partial charge in [-0.1, -0.05) is 60.1 Å². The summed E-state index contributed by atoms with van der Waals surface area (Å²) in [5.74, 6) is 0.282. The van der Waals surface area contributed by atoms with Crippen LogP contribution in [-0.4, -0.2) is 30.4 Å². The minimum absolute atomic E-state index is 0.0861. The smallest absolute Gasteiger partial charge is 0.224 e. The first kappa shape index (κ1) is 18.9. The van der Waals surface area contributed by atoms with Crippen molar-refractivity contribution in [1.82, 2.24) is 10.2 Å². The molecule has 138 valence electrons. The van der Waals surface area contributed by atoms with Crippen molar-refractivity contribution < 1.29 is 4.79 Å². The van der Waals surface area contributed by atoms with Gasteiger partial charge in [0.1, 0.15) is 0 Å². The molecule has 0 bridgehead atoms. The number of benzene rings is 2. The molecule has 0 aromatic heterocycles. The van der Waals surface area contributed by atoms with Gasteiger partial charge in [-0.3, -0.25) is 9.69 Å². The Kier molecular flexibility index (Phi) is 7.10. The summed E-state index contributed by atoms with van der Waals surface area (Å²) in [4.78, 5) is 14.9. The van der Waals surface area contributed by atoms with E-state index in [0.29, 0.717) is 0 Å². The number of amides is 1. The molecule has 3 nitrogen and oxygen atoms in total. The molecule has 0 saturated carbocycles. The fourth-order valence-electron chi connectivity index (χ4n) is 3.57. The zero-order valence-corrected chi connectivity index (χ0v) is 15.9. The average molecular weight is 371 g/mol. The Hall–Kier alpha value is -1.84. The maximum absolute atomic E-state index is 12.5. The fourth-order valence-corrected chi connectivity index (χ4v) is 3.77. The normalized spacial score (nSPS) is 17.8. The SMILES string of the molecule is O=C(NCCCc1ccccc1)[C@@H]1CCCN(Cc2ccccc2Cl)C1. The van der Waals surface area contributed by atoms with Crippen LogP contribution in [0.5, 0.6) is 0 Å². The van der Waals surface area contributed by atoms with E-state index in [9.17, 15) is 4.79 Å². The molecule has 3 rings (SSSR count). The zero-order valence-electron chi connectivity index (χ0n) is 15.2. The number of aryl methyl sites for hydroxylation is 1. The maximum atomic E-state index is 12.5. The number of halogens is 1. The Labute approximate surface area is 161 Å². The Bertz CT molecular complexity index is 704. The zero-order chi connectivity index (χ0) is 18.2. The Morgan fingerprint density at radius 2 is 1.88 bits per heavy atom. The van der Waals surface area contributed by atoms with Crippen molar-refractivity contribution in [2.45, 2.75) is 32.2 Å². The van der Waals surface area contributed by atoms with Crippen LogP contribution in [0.4, 0.5) is 0 Å². The molecule has 1 aliphatic heterocycles. The van der Waals surface area contributed by atoms with E-state index in [0.717, 1.165) is 62.4 Å². The van der Waals surface area contributed by atoms with Crippen LogP contribution in [0, 0.1) is 5.92 Å². The highest BCUT2D eigenvalue weighted by Gasteiger charge is 2.25. The summed E-state index contributed by atoms with van der Waals surface area (Å²) in [5, 5.41) is 3.93. The molecule has 1 aliphatic rings. The van der Waals surface area contributed by atoms with Crippen LogP contribution < -0.4 is 5.32 Å². The highest BCUT2D eigenvalue weighted by atomic mass is 35.5. The fraction of sp³-hybridized carbons (Fsp3) is 0.409. The second kappa shape index (κ2) is 9.75. The average Bonchev–Trinajstić information content (AvgIpc) is 2.68. The first-order valence-electron chi connectivity index (χ1n) is 9.50. The van der Waals surface area contributed by atoms with Gasteiger partial charge in [-0.25, -0.2) is 0 Å². The summed E-state index contributed by atoms with van der Waals surface area (Å²) in [6, 6.07) is 18.4. The molecular formula is C22H27ClN2O. The van der Waals surface area contributed by atoms with Crippen LogP contribution in [-0.2, 0) is 17.8 Å². The van der Waals surface area contributed by atoms with E-state index < -0.39 is 0 Å². The van der Waals surface area contributed by atoms with Crippen molar-refractivity contribution in [2.75, 3.05) is 19.6 Å². The second-order valence-corrected chi connectivity index (χ2v) is 7.45. The summed E-state index contributed by atoms with van der Waals surface area (Å²) in [6.45, 7) is 3.41. The monoisotopic (exact) mass is 370 g/mol. The third-order valence-electron chi connectivity index (χ3n) is 5.01. The summed E-state index contributed by atoms with van der Waals surface area (Å²) >= 11 is 6.27. The Morgan fingerprint density at radius 3 is 2.69 bits per heavy atom. The van der Waals surface area contributed by atoms with Gasteiger partial charge in [0.25, 0.3) is 0 Å². The molecule has 1 fully saturated rings. The van der Waals surface area contributed by atoms with E-state index in [1.54, 1.807) is 0 Å². The lowest BCUT2D eigenvalue weighted by Crippen LogP contribution is -2.43. The molecular weight excluding hydrogens is 344 g/mol. The number of hydrogen-bond donors (Lipinski definition) is 1. The van der Waals surface area contributed by atoms with Gasteiger partial charge in [-0.15, -0.1) is 0 Å². The molecule has 0 unspecified atom stereocenters. The summed E-state index contributed by atoms with van der Waals surface area (Å²) in [6.07, 6.45) is 4.02. The molecule has 1 N–H and O–H groups in total. The number of likely N-dealkylation sites (tertiary alicyclic amines) is 1. The maximum Gasteiger partial charge on any atom is 0.224 e. The van der Waals surface area contributed by atoms with Gasteiger partial charge < -0.3 is 5.32 Å². The van der Waals surface area contributed by atoms with Crippen LogP contribution in [0.1, 0.15) is 30.4 Å². The molecule has 1 amide bonds. The molecule has 0 spiro atoms. The predicted molar refractivity (Wildman–Crippen MR) is 107 cm³/mol. The minimum atomic E-state index is 0.0861. The van der Waals surface area contributed by atoms with Gasteiger partial charge in [0, 0.05) is 24.7 Å². The van der Waals surface area contributed by atoms with Crippen molar-refractivity contribution in [2.24, 2.45) is 5.92 Å². The molecule has 1 atom stereocenters. The van der Waals surface area contributed by atoms with Crippen LogP contribution >= 0.6 is 11.6 Å². The standard InChI is InChI=1S/C22H27ClN2O/c23-21-13-5-4-11-19(21)16-25-15-7-12-20(17-25)22(26)24-14-6-10-18-8-2-1-3-9-18/h1-5,8-9,11,13,20H,6-7,10,12,14-17H2,(H,24,26)/t20-/m1/s1. The first-order valence-corrected chi connectivity index (χ1v) is 9.87. The molecule has 26 heavy (non-hydrogen) atoms. The molecule has 2 aromatic rings. The van der Waals surface area contributed by atoms with Crippen molar-refractivity contribution >= 4 is 17.5 Å². The molecule has 2 aromatic carbocycles. The van der Waals surface area contributed by atoms with Crippen LogP contribution in [0.3, 0.4) is 0 Å². The largest absolute Gasteiger partial charge is 0.356 e. The minimum Gasteiger partial charge on any atom is -0.356 e. The third-order valence-corrected chi connectivity index (χ3v) is 5.38. The van der Waals surface area contributed by atoms with Crippen LogP contribution in [0.25, 0.3) is 0 Å². The number of carbonyl (C=O) groups is 1. The number of carbonyl (C=O) groups excluding carboxylic acids is 1. The number of nitrogens with one attached hydrogen (secondary N) is 1. The van der Waals surface area contributed by atoms with Crippen molar-refractivity contribution in [3.63, 3.8) is 0 Å². The summed E-state index contributed by atoms with van der Waals surface area (Å²) in [5.41, 5.74) is 2.46. The third kappa shape index (κ3) is 5.58. The number of piperidine rings is 1. The van der Waals surface area contributed by atoms with Crippen molar-refractivity contribution in [3.05, 3.63) is 70.7 Å². The summed E-state index contributed by atoms with van der Waals surface area (Å²) < 4.78 is 0. The lowest BCUT2D eigenvalue weighted by atomic mass is 9.96. The van der Waals surface area contributed by atoms with Gasteiger partial charge in [0.2, 0.25) is 5.91 Å². The lowest BCUT2D eigenvalue weighted by Gasteiger charge is -2.32. The van der Waals surface area contributed by atoms with E-state index in [1.807, 2.05) is 24.3 Å². The van der Waals surface area contributed by atoms with Gasteiger partial charge in [-0.05, 0) is 49.4 Å². The van der Waals surface area contributed by atoms with Gasteiger partial charge in [0.05, 0.1) is 5.92 Å². The number of nitrogens with zero attached hydrogens (tertiary/aromatic N) is 1. The van der Waals surface area contributed by atoms with Crippen molar-refractivity contribution in [1.29, 1.82) is 0 Å². The second-order valence-electron chi connectivity index (χ2n) is 7.05. The van der Waals surface area contributed by atoms with Crippen LogP contribution in [0.15, 0.2) is 54.6 Å². The molecule has 4 heteroatoms. The highest BCUT2D eigenvalue weighted by molar-refractivity contribution is 6.31. The number of rotatable bonds is 7. The highest BCUT2D eigenvalue weighted by Crippen LogP contribution is 2.22. The molecule has 1 saturated heterocycles. The van der Waals surface area contributed by atoms with E-state index >= 15 is 0 Å². The molecule has 1 heterocycles. The Morgan fingerprint density at radius 1 is 1.12 bits per heavy atom. The predicted octanol–water partition coefficient (Wildman–Crippen LogP) is 4.30. The van der Waals surface area contributed by atoms with Gasteiger partial charge >= 0.3 is 0 Å². The van der Waals surface area contributed by atoms with E-state index in [4.69, 9.17) is 11.6 Å². The van der Waals surface area contributed by atoms with Gasteiger partial charge in [-0.2, -0.15) is 0 Å². The van der Waals surface area contributed by atoms with Crippen molar-refractivity contribution in [3.8, 4) is 0 Å². The summed E-state index contributed by atoms with van der Waals surface area (Å²) in [7, 11) is 0. The molecule has 0 radical (unpaired) electrons. The topological polar surface area (TPSA) is 32.3 Å². The lowest BCUT2D eigenvalue weighted by molar-refractivity contribution is -0.126. The van der Waals surface area contributed by atoms with E-state index in [2.05, 4.69) is 40.5 Å². The van der Waals surface area contributed by atoms with E-state index in [1.165, 1.54) is 5.56 Å². The van der Waals surface area contributed by atoms with E-state index in [-0.39, 0.29) is 11.8 Å². The Balaban J connectivity index is 1.42. The molecule has 0 aliphatic carbocycles. The van der Waals surface area contributed by atoms with Gasteiger partial charge in [0.15, 0.2) is 0 Å². The first-order chi connectivity index (χ1) is 12.7. The number of hydrogen-bond acceptors (Lipinski definition) is 2.